The zero-order chi connectivity index (χ0) is 60.5. The summed E-state index contributed by atoms with van der Waals surface area (Å²) in [6.07, 6.45) is 22.6. The number of carboxylic acid groups (broad SMARTS) is 2. The quantitative estimate of drug-likeness (QED) is 0.0193. The van der Waals surface area contributed by atoms with E-state index in [-0.39, 0.29) is 104 Å². The summed E-state index contributed by atoms with van der Waals surface area (Å²) in [4.78, 5) is 107. The third-order valence-corrected chi connectivity index (χ3v) is 14.0. The molecule has 8 amide bonds. The van der Waals surface area contributed by atoms with Crippen molar-refractivity contribution in [2.24, 2.45) is 0 Å². The zero-order valence-electron chi connectivity index (χ0n) is 46.6. The summed E-state index contributed by atoms with van der Waals surface area (Å²) in [6.45, 7) is 13.6. The number of carbonyl (C=O) groups is 8. The number of rotatable bonds is 22. The molecular formula is C51H61IN17NaO15. The number of likely N-dealkylation sites (N-methyl/N-ethyl adjacent to an activating group) is 1. The van der Waals surface area contributed by atoms with Gasteiger partial charge >= 0.3 is 59.7 Å². The van der Waals surface area contributed by atoms with Crippen LogP contribution in [0.3, 0.4) is 0 Å². The van der Waals surface area contributed by atoms with Crippen LogP contribution in [-0.2, 0) is 57.6 Å². The fourth-order valence-corrected chi connectivity index (χ4v) is 10.0. The van der Waals surface area contributed by atoms with E-state index in [0.717, 1.165) is 28.7 Å². The maximum Gasteiger partial charge on any atom is 1.00 e. The summed E-state index contributed by atoms with van der Waals surface area (Å²) in [7, 11) is 1.78. The van der Waals surface area contributed by atoms with Crippen molar-refractivity contribution in [3.8, 4) is 12.3 Å². The Balaban J connectivity index is 0.000000176. The summed E-state index contributed by atoms with van der Waals surface area (Å²) in [5.41, 5.74) is 4.52. The van der Waals surface area contributed by atoms with Gasteiger partial charge in [0, 0.05) is 62.0 Å². The number of aromatic nitrogens is 9. The molecule has 0 saturated carbocycles. The molecule has 85 heavy (non-hydrogen) atoms. The molecule has 4 unspecified atom stereocenters. The van der Waals surface area contributed by atoms with Gasteiger partial charge in [-0.1, -0.05) is 27.8 Å². The van der Waals surface area contributed by atoms with Crippen LogP contribution in [0.25, 0.3) is 17.1 Å². The molecule has 11 heterocycles. The van der Waals surface area contributed by atoms with Crippen molar-refractivity contribution in [3.63, 3.8) is 0 Å². The average Bonchev–Trinajstić information content (AvgIpc) is 3.57. The topological polar surface area (TPSA) is 355 Å². The molecule has 0 radical (unpaired) electrons. The van der Waals surface area contributed by atoms with Gasteiger partial charge in [-0.2, -0.15) is 15.2 Å². The molecule has 32 nitrogen and oxygen atoms in total. The van der Waals surface area contributed by atoms with Crippen LogP contribution >= 0.6 is 22.6 Å². The minimum atomic E-state index is -1.10. The van der Waals surface area contributed by atoms with Crippen LogP contribution in [-0.4, -0.2) is 254 Å². The molecule has 0 aromatic carbocycles. The zero-order valence-corrected chi connectivity index (χ0v) is 50.7. The molecule has 4 saturated heterocycles. The van der Waals surface area contributed by atoms with E-state index in [0.29, 0.717) is 108 Å². The van der Waals surface area contributed by atoms with Crippen LogP contribution < -0.4 is 34.7 Å². The number of hydroxylamine groups is 6. The molecule has 3 aromatic rings. The van der Waals surface area contributed by atoms with E-state index in [1.165, 1.54) is 18.6 Å². The van der Waals surface area contributed by atoms with Gasteiger partial charge in [0.1, 0.15) is 0 Å². The number of aryl methyl sites for hydroxylation is 1. The normalized spacial score (nSPS) is 20.1. The molecule has 34 heteroatoms. The van der Waals surface area contributed by atoms with Gasteiger partial charge in [-0.15, -0.1) is 40.8 Å². The first-order valence-corrected chi connectivity index (χ1v) is 27.1. The van der Waals surface area contributed by atoms with E-state index in [1.807, 2.05) is 12.2 Å². The van der Waals surface area contributed by atoms with E-state index in [9.17, 15) is 48.7 Å². The van der Waals surface area contributed by atoms with Gasteiger partial charge in [-0.25, -0.2) is 33.2 Å². The number of amides is 8. The Kier molecular flexibility index (Phi) is 24.7. The Morgan fingerprint density at radius 3 is 1.53 bits per heavy atom. The number of nitrogens with zero attached hydrogens (tertiary/aromatic N) is 17. The predicted molar refractivity (Wildman–Crippen MR) is 296 cm³/mol. The molecule has 4 fully saturated rings. The molecule has 8 aliphatic rings. The number of urea groups is 4. The summed E-state index contributed by atoms with van der Waals surface area (Å²) in [6, 6.07) is -0.970. The molecule has 8 aliphatic heterocycles. The summed E-state index contributed by atoms with van der Waals surface area (Å²) >= 11 is 2.25. The number of fused-ring (bicyclic) bond motifs is 8. The average molecular weight is 1300 g/mol. The van der Waals surface area contributed by atoms with E-state index in [4.69, 9.17) is 21.2 Å². The fraction of sp³-hybridized carbons (Fsp3) is 0.451. The largest absolute Gasteiger partial charge is 1.00 e. The number of ether oxygens (including phenoxy) is 2. The van der Waals surface area contributed by atoms with Crippen molar-refractivity contribution < 1.29 is 102 Å². The van der Waals surface area contributed by atoms with Crippen molar-refractivity contribution in [2.45, 2.75) is 62.7 Å². The van der Waals surface area contributed by atoms with Gasteiger partial charge in [0.2, 0.25) is 0 Å². The van der Waals surface area contributed by atoms with Gasteiger partial charge in [-0.3, -0.25) is 29.3 Å². The molecule has 2 N–H and O–H groups in total. The number of hydrogen-bond acceptors (Lipinski definition) is 20. The first kappa shape index (κ1) is 66.1. The summed E-state index contributed by atoms with van der Waals surface area (Å²) < 4.78 is 15.3. The van der Waals surface area contributed by atoms with Crippen molar-refractivity contribution in [2.75, 3.05) is 85.8 Å². The molecular weight excluding hydrogens is 1240 g/mol. The molecule has 0 aliphatic carbocycles. The van der Waals surface area contributed by atoms with E-state index < -0.39 is 18.0 Å². The standard InChI is InChI=1S/C14H17N5O4.C12H15N5O3.C11H13N5O4.C9H11IN2O2.C5H6O2.Na/c1-2-4-23-19-13-6-12(8-17(9-13)14(19)21)18-7-11(15-16-18)3-5-22-10-20;1-15-9-4-10(7-16(6-9)12(15)20)17-5-8(13-14-17)2-3-11(18)19;17-7-20-2-1-8-4-15(13-12-8)9-3-10-6-14(5-9)11(18)16(10)19;1-2-3-14-12-8-4-7(10)5-11(6-8)9(12)13;1-2-3-4-5(6)7;/h2,6-7,10,13H,1,3-5,8-9H2;4-5,9H,2-3,6-7H2,1H3,(H,18,19);3-4,7,10,19H,1-2,5-6H2;2,4,8H,1,3,5-6H2;1H,3-4H2,(H,6,7);/q;;;;;+1/p-1. The maximum atomic E-state index is 12.2. The minimum Gasteiger partial charge on any atom is -0.550 e. The van der Waals surface area contributed by atoms with Crippen LogP contribution in [0.5, 0.6) is 0 Å². The Morgan fingerprint density at radius 1 is 0.671 bits per heavy atom. The SMILES string of the molecule is C#CCCC(=O)O.C=CCON1C(=O)N2CC(I)=CC1C2.C=CCON1C(=O)N2CC(n3cc(CCOC=O)nn3)=CC1C2.CN1C(=O)N2CC(n3cc(CCC(=O)[O-])nn3)=CC1C2.O=COCCc1cn(C2=CC3CN(C2)C(=O)N3O)nn1.[Na+]. The van der Waals surface area contributed by atoms with Gasteiger partial charge < -0.3 is 49.0 Å². The predicted octanol–water partition coefficient (Wildman–Crippen LogP) is -3.00. The molecule has 0 spiro atoms. The van der Waals surface area contributed by atoms with E-state index in [2.05, 4.69) is 88.2 Å². The second-order valence-corrected chi connectivity index (χ2v) is 20.5. The number of terminal acetylenes is 1. The first-order valence-electron chi connectivity index (χ1n) is 26.1. The van der Waals surface area contributed by atoms with Gasteiger partial charge in [0.25, 0.3) is 12.9 Å². The van der Waals surface area contributed by atoms with Gasteiger partial charge in [-0.05, 0) is 59.7 Å². The monoisotopic (exact) mass is 1300 g/mol. The van der Waals surface area contributed by atoms with Crippen LogP contribution in [0.2, 0.25) is 0 Å². The summed E-state index contributed by atoms with van der Waals surface area (Å²) in [5.74, 6) is 0.279. The molecule has 4 atom stereocenters. The van der Waals surface area contributed by atoms with E-state index >= 15 is 0 Å². The van der Waals surface area contributed by atoms with Crippen molar-refractivity contribution in [1.29, 1.82) is 0 Å². The molecule has 448 valence electrons. The van der Waals surface area contributed by atoms with Crippen LogP contribution in [0.1, 0.15) is 36.3 Å². The molecule has 11 rings (SSSR count). The smallest absolute Gasteiger partial charge is 0.550 e. The Labute approximate surface area is 522 Å². The fourth-order valence-electron chi connectivity index (χ4n) is 9.20. The first-order chi connectivity index (χ1) is 40.4. The maximum absolute atomic E-state index is 12.2. The molecule has 8 bridgehead atoms. The second-order valence-electron chi connectivity index (χ2n) is 19.2. The number of hydrogen-bond donors (Lipinski definition) is 2. The van der Waals surface area contributed by atoms with Crippen LogP contribution in [0.4, 0.5) is 19.2 Å². The summed E-state index contributed by atoms with van der Waals surface area (Å²) in [5, 5.41) is 55.5. The number of carbonyl (C=O) groups excluding carboxylic acids is 7. The second kappa shape index (κ2) is 31.8. The van der Waals surface area contributed by atoms with Crippen LogP contribution in [0.15, 0.2) is 71.8 Å². The number of aliphatic carboxylic acids is 2. The van der Waals surface area contributed by atoms with Gasteiger partial charge in [0.05, 0.1) is 136 Å². The Hall–Kier alpha value is -8.01. The number of halogens is 1. The third-order valence-electron chi connectivity index (χ3n) is 13.3. The number of carboxylic acids is 2. The molecule has 3 aromatic heterocycles. The van der Waals surface area contributed by atoms with Crippen molar-refractivity contribution in [3.05, 3.63) is 88.9 Å². The van der Waals surface area contributed by atoms with Gasteiger partial charge in [0.15, 0.2) is 0 Å². The minimum absolute atomic E-state index is 0. The van der Waals surface area contributed by atoms with Crippen molar-refractivity contribution >= 4 is 88.7 Å². The Bertz CT molecular complexity index is 3100. The third kappa shape index (κ3) is 17.5. The van der Waals surface area contributed by atoms with Crippen molar-refractivity contribution in [1.82, 2.24) is 84.7 Å². The van der Waals surface area contributed by atoms with E-state index in [1.54, 1.807) is 77.5 Å². The Morgan fingerprint density at radius 2 is 1.09 bits per heavy atom. The van der Waals surface area contributed by atoms with Crippen LogP contribution in [0, 0.1) is 12.3 Å².